The lowest BCUT2D eigenvalue weighted by molar-refractivity contribution is -0.384. The van der Waals surface area contributed by atoms with Gasteiger partial charge in [-0.2, -0.15) is 18.3 Å². The summed E-state index contributed by atoms with van der Waals surface area (Å²) >= 11 is 0. The summed E-state index contributed by atoms with van der Waals surface area (Å²) in [5.41, 5.74) is 1.65. The van der Waals surface area contributed by atoms with Crippen molar-refractivity contribution in [2.45, 2.75) is 12.8 Å². The molecule has 0 spiro atoms. The molecule has 0 bridgehead atoms. The van der Waals surface area contributed by atoms with Gasteiger partial charge in [0.15, 0.2) is 0 Å². The van der Waals surface area contributed by atoms with Gasteiger partial charge in [-0.1, -0.05) is 42.5 Å². The zero-order valence-electron chi connectivity index (χ0n) is 17.9. The Balaban J connectivity index is 1.64. The Labute approximate surface area is 196 Å². The third kappa shape index (κ3) is 5.55. The van der Waals surface area contributed by atoms with E-state index in [1.54, 1.807) is 18.2 Å². The summed E-state index contributed by atoms with van der Waals surface area (Å²) in [6, 6.07) is 18.9. The van der Waals surface area contributed by atoms with Gasteiger partial charge >= 0.3 is 6.18 Å². The first kappa shape index (κ1) is 23.7. The Hall–Kier alpha value is -4.47. The van der Waals surface area contributed by atoms with Gasteiger partial charge in [0.2, 0.25) is 0 Å². The molecule has 0 aliphatic heterocycles. The van der Waals surface area contributed by atoms with Gasteiger partial charge in [0.25, 0.3) is 5.69 Å². The maximum atomic E-state index is 13.2. The van der Waals surface area contributed by atoms with Crippen LogP contribution in [-0.4, -0.2) is 11.1 Å². The number of ether oxygens (including phenoxy) is 1. The number of nitro benzene ring substituents is 1. The number of alkyl halides is 3. The van der Waals surface area contributed by atoms with Crippen molar-refractivity contribution in [3.8, 4) is 5.75 Å². The highest BCUT2D eigenvalue weighted by Crippen LogP contribution is 2.35. The normalized spacial score (nSPS) is 11.7. The molecule has 1 N–H and O–H groups in total. The Morgan fingerprint density at radius 1 is 1.00 bits per heavy atom. The second-order valence-electron chi connectivity index (χ2n) is 7.47. The van der Waals surface area contributed by atoms with Gasteiger partial charge < -0.3 is 4.74 Å². The lowest BCUT2D eigenvalue weighted by Crippen LogP contribution is -2.07. The second-order valence-corrected chi connectivity index (χ2v) is 7.47. The molecule has 0 amide bonds. The number of rotatable bonds is 7. The van der Waals surface area contributed by atoms with Crippen molar-refractivity contribution in [1.29, 1.82) is 0 Å². The molecule has 178 valence electrons. The van der Waals surface area contributed by atoms with E-state index in [2.05, 4.69) is 10.5 Å². The summed E-state index contributed by atoms with van der Waals surface area (Å²) in [5, 5.41) is 17.0. The zero-order chi connectivity index (χ0) is 25.0. The number of hydrogen-bond acceptors (Lipinski definition) is 5. The molecule has 6 nitrogen and oxygen atoms in total. The predicted molar refractivity (Wildman–Crippen MR) is 124 cm³/mol. The van der Waals surface area contributed by atoms with Crippen LogP contribution in [0.25, 0.3) is 10.8 Å². The molecule has 10 heteroatoms. The van der Waals surface area contributed by atoms with Crippen molar-refractivity contribution < 1.29 is 27.2 Å². The fourth-order valence-electron chi connectivity index (χ4n) is 3.40. The first-order chi connectivity index (χ1) is 16.7. The number of nitrogens with one attached hydrogen (secondary N) is 1. The van der Waals surface area contributed by atoms with Gasteiger partial charge in [-0.15, -0.1) is 0 Å². The number of fused-ring (bicyclic) bond motifs is 1. The number of benzene rings is 4. The van der Waals surface area contributed by atoms with Crippen LogP contribution in [0.4, 0.5) is 28.9 Å². The van der Waals surface area contributed by atoms with Crippen molar-refractivity contribution in [3.63, 3.8) is 0 Å². The van der Waals surface area contributed by atoms with E-state index < -0.39 is 22.4 Å². The van der Waals surface area contributed by atoms with E-state index in [0.29, 0.717) is 17.4 Å². The van der Waals surface area contributed by atoms with Crippen LogP contribution in [0.5, 0.6) is 5.75 Å². The highest BCUT2D eigenvalue weighted by Gasteiger charge is 2.33. The van der Waals surface area contributed by atoms with Gasteiger partial charge in [-0.25, -0.2) is 4.39 Å². The molecule has 0 radical (unpaired) electrons. The summed E-state index contributed by atoms with van der Waals surface area (Å²) < 4.78 is 57.9. The maximum Gasteiger partial charge on any atom is 0.416 e. The third-order valence-corrected chi connectivity index (χ3v) is 5.14. The summed E-state index contributed by atoms with van der Waals surface area (Å²) in [4.78, 5) is 10.4. The van der Waals surface area contributed by atoms with Crippen LogP contribution in [-0.2, 0) is 12.8 Å². The van der Waals surface area contributed by atoms with E-state index in [0.717, 1.165) is 28.5 Å². The average molecular weight is 483 g/mol. The van der Waals surface area contributed by atoms with Gasteiger partial charge in [0, 0.05) is 11.6 Å². The molecule has 0 fully saturated rings. The van der Waals surface area contributed by atoms with Crippen LogP contribution < -0.4 is 10.2 Å². The number of nitrogens with zero attached hydrogens (tertiary/aromatic N) is 2. The van der Waals surface area contributed by atoms with Crippen LogP contribution in [0.1, 0.15) is 16.7 Å². The zero-order valence-corrected chi connectivity index (χ0v) is 17.9. The Morgan fingerprint density at radius 3 is 2.46 bits per heavy atom. The smallest absolute Gasteiger partial charge is 0.416 e. The number of hydrazone groups is 1. The average Bonchev–Trinajstić information content (AvgIpc) is 2.83. The van der Waals surface area contributed by atoms with Crippen molar-refractivity contribution in [2.24, 2.45) is 5.10 Å². The van der Waals surface area contributed by atoms with E-state index in [4.69, 9.17) is 4.74 Å². The number of halogens is 4. The number of hydrogen-bond donors (Lipinski definition) is 1. The van der Waals surface area contributed by atoms with Crippen molar-refractivity contribution in [1.82, 2.24) is 0 Å². The molecular formula is C25H17F4N3O3. The fourth-order valence-corrected chi connectivity index (χ4v) is 3.40. The molecule has 0 saturated heterocycles. The Morgan fingerprint density at radius 2 is 1.74 bits per heavy atom. The molecule has 4 aromatic carbocycles. The van der Waals surface area contributed by atoms with Crippen molar-refractivity contribution >= 4 is 28.4 Å². The lowest BCUT2D eigenvalue weighted by atomic mass is 10.0. The molecule has 0 aromatic heterocycles. The minimum atomic E-state index is -4.72. The molecule has 35 heavy (non-hydrogen) atoms. The summed E-state index contributed by atoms with van der Waals surface area (Å²) in [5.74, 6) is 0.0798. The van der Waals surface area contributed by atoms with Crippen LogP contribution in [0.15, 0.2) is 84.0 Å². The van der Waals surface area contributed by atoms with E-state index in [9.17, 15) is 27.7 Å². The summed E-state index contributed by atoms with van der Waals surface area (Å²) in [6.45, 7) is 0.150. The minimum absolute atomic E-state index is 0.150. The van der Waals surface area contributed by atoms with Crippen LogP contribution in [0, 0.1) is 15.9 Å². The third-order valence-electron chi connectivity index (χ3n) is 5.14. The van der Waals surface area contributed by atoms with Crippen molar-refractivity contribution in [2.75, 3.05) is 5.43 Å². The second kappa shape index (κ2) is 9.80. The van der Waals surface area contributed by atoms with Gasteiger partial charge in [-0.05, 0) is 46.7 Å². The highest BCUT2D eigenvalue weighted by atomic mass is 19.4. The van der Waals surface area contributed by atoms with Gasteiger partial charge in [0.1, 0.15) is 23.9 Å². The molecule has 4 rings (SSSR count). The molecule has 0 aliphatic carbocycles. The van der Waals surface area contributed by atoms with Crippen LogP contribution in [0.3, 0.4) is 0 Å². The number of anilines is 1. The van der Waals surface area contributed by atoms with Gasteiger partial charge in [0.05, 0.1) is 16.7 Å². The van der Waals surface area contributed by atoms with Gasteiger partial charge in [-0.3, -0.25) is 15.5 Å². The monoisotopic (exact) mass is 483 g/mol. The van der Waals surface area contributed by atoms with Crippen molar-refractivity contribution in [3.05, 3.63) is 111 Å². The Kier molecular flexibility index (Phi) is 6.63. The molecule has 0 aliphatic rings. The molecule has 0 atom stereocenters. The topological polar surface area (TPSA) is 76.8 Å². The standard InChI is InChI=1S/C25H17F4N3O3/c26-19-9-5-16(6-10-19)15-35-24-12-7-17-3-1-2-4-20(17)21(24)14-30-31-22-11-8-18(25(27,28)29)13-23(22)32(33)34/h1-14,31H,15H2/b30-14-. The molecule has 0 saturated carbocycles. The van der Waals surface area contributed by atoms with E-state index in [-0.39, 0.29) is 18.1 Å². The predicted octanol–water partition coefficient (Wildman–Crippen LogP) is 6.93. The largest absolute Gasteiger partial charge is 0.488 e. The first-order valence-electron chi connectivity index (χ1n) is 10.3. The fraction of sp³-hybridized carbons (Fsp3) is 0.0800. The van der Waals surface area contributed by atoms with Crippen LogP contribution in [0.2, 0.25) is 0 Å². The quantitative estimate of drug-likeness (QED) is 0.134. The number of nitro groups is 1. The minimum Gasteiger partial charge on any atom is -0.488 e. The van der Waals surface area contributed by atoms with E-state index in [1.165, 1.54) is 18.3 Å². The SMILES string of the molecule is O=[N+]([O-])c1cc(C(F)(F)F)ccc1N/N=C\c1c(OCc2ccc(F)cc2)ccc2ccccc12. The molecule has 0 unspecified atom stereocenters. The first-order valence-corrected chi connectivity index (χ1v) is 10.3. The Bertz CT molecular complexity index is 1400. The highest BCUT2D eigenvalue weighted by molar-refractivity contribution is 6.02. The maximum absolute atomic E-state index is 13.2. The lowest BCUT2D eigenvalue weighted by Gasteiger charge is -2.12. The van der Waals surface area contributed by atoms with E-state index >= 15 is 0 Å². The summed E-state index contributed by atoms with van der Waals surface area (Å²) in [7, 11) is 0. The van der Waals surface area contributed by atoms with Crippen LogP contribution >= 0.6 is 0 Å². The molecule has 4 aromatic rings. The van der Waals surface area contributed by atoms with E-state index in [1.807, 2.05) is 30.3 Å². The molecular weight excluding hydrogens is 466 g/mol. The molecule has 0 heterocycles. The summed E-state index contributed by atoms with van der Waals surface area (Å²) in [6.07, 6.45) is -3.34.